The van der Waals surface area contributed by atoms with Crippen LogP contribution >= 0.6 is 0 Å². The van der Waals surface area contributed by atoms with Gasteiger partial charge in [0.1, 0.15) is 11.6 Å². The summed E-state index contributed by atoms with van der Waals surface area (Å²) in [6, 6.07) is 4.37. The molecule has 1 atom stereocenters. The van der Waals surface area contributed by atoms with Gasteiger partial charge in [-0.15, -0.1) is 0 Å². The van der Waals surface area contributed by atoms with Crippen molar-refractivity contribution < 1.29 is 14.3 Å². The number of nitriles is 1. The predicted molar refractivity (Wildman–Crippen MR) is 122 cm³/mol. The molecule has 0 bridgehead atoms. The molecule has 2 heterocycles. The fraction of sp³-hybridized carbons (Fsp3) is 0.680. The van der Waals surface area contributed by atoms with Crippen LogP contribution < -0.4 is 0 Å². The summed E-state index contributed by atoms with van der Waals surface area (Å²) in [7, 11) is 1.70. The van der Waals surface area contributed by atoms with Crippen LogP contribution in [0.3, 0.4) is 0 Å². The van der Waals surface area contributed by atoms with Crippen molar-refractivity contribution in [3.63, 3.8) is 0 Å². The lowest BCUT2D eigenvalue weighted by Crippen LogP contribution is -2.42. The van der Waals surface area contributed by atoms with Crippen molar-refractivity contribution in [2.75, 3.05) is 26.8 Å². The number of ether oxygens (including phenoxy) is 2. The molecule has 0 N–H and O–H groups in total. The molecule has 31 heavy (non-hydrogen) atoms. The lowest BCUT2D eigenvalue weighted by molar-refractivity contribution is -0.130. The van der Waals surface area contributed by atoms with E-state index in [9.17, 15) is 10.1 Å². The average Bonchev–Trinajstić information content (AvgIpc) is 3.05. The van der Waals surface area contributed by atoms with E-state index in [1.165, 1.54) is 32.1 Å². The quantitative estimate of drug-likeness (QED) is 0.473. The van der Waals surface area contributed by atoms with Gasteiger partial charge < -0.3 is 18.9 Å². The highest BCUT2D eigenvalue weighted by Crippen LogP contribution is 2.26. The smallest absolute Gasteiger partial charge is 0.264 e. The maximum absolute atomic E-state index is 13.0. The molecule has 1 unspecified atom stereocenters. The van der Waals surface area contributed by atoms with Gasteiger partial charge in [-0.2, -0.15) is 5.26 Å². The van der Waals surface area contributed by atoms with Crippen LogP contribution in [0.1, 0.15) is 74.9 Å². The second-order valence-corrected chi connectivity index (χ2v) is 9.06. The Morgan fingerprint density at radius 3 is 2.45 bits per heavy atom. The van der Waals surface area contributed by atoms with E-state index in [1.807, 2.05) is 24.8 Å². The van der Waals surface area contributed by atoms with E-state index in [2.05, 4.69) is 17.6 Å². The van der Waals surface area contributed by atoms with E-state index in [-0.39, 0.29) is 23.6 Å². The Morgan fingerprint density at radius 1 is 1.19 bits per heavy atom. The minimum absolute atomic E-state index is 0.173. The fourth-order valence-corrected chi connectivity index (χ4v) is 5.08. The number of hydrogen-bond acceptors (Lipinski definition) is 4. The number of piperidine rings is 1. The number of rotatable bonds is 7. The van der Waals surface area contributed by atoms with Crippen LogP contribution in [-0.2, 0) is 14.3 Å². The van der Waals surface area contributed by atoms with E-state index < -0.39 is 0 Å². The molecule has 3 rings (SSSR count). The SMILES string of the molecule is COCC(C)n1c(C)cc(/C=C(/C#N)C(=O)N2CCC(OC3CCCCC3)CC2)c1C. The zero-order chi connectivity index (χ0) is 22.4. The Kier molecular flexibility index (Phi) is 8.34. The average molecular weight is 428 g/mol. The summed E-state index contributed by atoms with van der Waals surface area (Å²) in [5, 5.41) is 9.70. The van der Waals surface area contributed by atoms with Crippen LogP contribution in [0.4, 0.5) is 0 Å². The highest BCUT2D eigenvalue weighted by molar-refractivity contribution is 6.01. The van der Waals surface area contributed by atoms with E-state index in [0.717, 1.165) is 29.8 Å². The minimum atomic E-state index is -0.173. The van der Waals surface area contributed by atoms with Gasteiger partial charge in [-0.3, -0.25) is 4.79 Å². The second kappa shape index (κ2) is 11.0. The molecule has 2 fully saturated rings. The Labute approximate surface area is 186 Å². The molecule has 1 saturated heterocycles. The molecule has 0 spiro atoms. The number of nitrogens with zero attached hydrogens (tertiary/aromatic N) is 3. The van der Waals surface area contributed by atoms with Gasteiger partial charge in [0, 0.05) is 31.6 Å². The maximum atomic E-state index is 13.0. The molecule has 170 valence electrons. The predicted octanol–water partition coefficient (Wildman–Crippen LogP) is 4.56. The molecular weight excluding hydrogens is 390 g/mol. The maximum Gasteiger partial charge on any atom is 0.264 e. The van der Waals surface area contributed by atoms with Crippen LogP contribution in [-0.4, -0.2) is 54.4 Å². The lowest BCUT2D eigenvalue weighted by Gasteiger charge is -2.34. The molecule has 0 radical (unpaired) electrons. The molecule has 1 saturated carbocycles. The summed E-state index contributed by atoms with van der Waals surface area (Å²) in [5.41, 5.74) is 3.26. The molecule has 6 heteroatoms. The third-order valence-electron chi connectivity index (χ3n) is 6.69. The lowest BCUT2D eigenvalue weighted by atomic mass is 9.97. The first-order valence-electron chi connectivity index (χ1n) is 11.7. The first-order valence-corrected chi connectivity index (χ1v) is 11.7. The second-order valence-electron chi connectivity index (χ2n) is 9.06. The summed E-state index contributed by atoms with van der Waals surface area (Å²) in [6.45, 7) is 8.09. The fourth-order valence-electron chi connectivity index (χ4n) is 5.08. The van der Waals surface area contributed by atoms with Crippen molar-refractivity contribution in [3.8, 4) is 6.07 Å². The number of carbonyl (C=O) groups is 1. The van der Waals surface area contributed by atoms with Crippen molar-refractivity contribution in [2.45, 2.75) is 84.0 Å². The van der Waals surface area contributed by atoms with Crippen LogP contribution in [0.5, 0.6) is 0 Å². The van der Waals surface area contributed by atoms with Gasteiger partial charge in [0.15, 0.2) is 0 Å². The molecule has 1 aliphatic carbocycles. The van der Waals surface area contributed by atoms with E-state index in [4.69, 9.17) is 9.47 Å². The normalized spacial score (nSPS) is 20.0. The topological polar surface area (TPSA) is 67.5 Å². The van der Waals surface area contributed by atoms with Gasteiger partial charge in [0.2, 0.25) is 0 Å². The molecule has 2 aliphatic rings. The molecular formula is C25H37N3O3. The van der Waals surface area contributed by atoms with Crippen molar-refractivity contribution in [2.24, 2.45) is 0 Å². The summed E-state index contributed by atoms with van der Waals surface area (Å²) < 4.78 is 13.8. The zero-order valence-corrected chi connectivity index (χ0v) is 19.5. The standard InChI is InChI=1S/C25H37N3O3/c1-18-14-21(20(3)28(18)19(2)17-30-4)15-22(16-26)25(29)27-12-10-24(11-13-27)31-23-8-6-5-7-9-23/h14-15,19,23-24H,5-13,17H2,1-4H3/b22-15-. The van der Waals surface area contributed by atoms with Crippen LogP contribution in [0.15, 0.2) is 11.6 Å². The monoisotopic (exact) mass is 427 g/mol. The van der Waals surface area contributed by atoms with Crippen molar-refractivity contribution in [3.05, 3.63) is 28.6 Å². The number of aryl methyl sites for hydroxylation is 1. The first kappa shape index (κ1) is 23.6. The van der Waals surface area contributed by atoms with Crippen molar-refractivity contribution in [1.29, 1.82) is 5.26 Å². The van der Waals surface area contributed by atoms with Crippen LogP contribution in [0.2, 0.25) is 0 Å². The number of hydrogen-bond donors (Lipinski definition) is 0. The Morgan fingerprint density at radius 2 is 1.84 bits per heavy atom. The van der Waals surface area contributed by atoms with Gasteiger partial charge in [0.25, 0.3) is 5.91 Å². The van der Waals surface area contributed by atoms with E-state index in [1.54, 1.807) is 13.2 Å². The summed E-state index contributed by atoms with van der Waals surface area (Å²) in [6.07, 6.45) is 10.3. The van der Waals surface area contributed by atoms with Crippen molar-refractivity contribution in [1.82, 2.24) is 9.47 Å². The van der Waals surface area contributed by atoms with E-state index >= 15 is 0 Å². The largest absolute Gasteiger partial charge is 0.383 e. The van der Waals surface area contributed by atoms with Gasteiger partial charge in [-0.05, 0) is 64.2 Å². The zero-order valence-electron chi connectivity index (χ0n) is 19.5. The number of aromatic nitrogens is 1. The number of likely N-dealkylation sites (tertiary alicyclic amines) is 1. The number of methoxy groups -OCH3 is 1. The molecule has 0 aromatic carbocycles. The Hall–Kier alpha value is -2.10. The third kappa shape index (κ3) is 5.78. The first-order chi connectivity index (χ1) is 14.9. The summed E-state index contributed by atoms with van der Waals surface area (Å²) in [5.74, 6) is -0.173. The van der Waals surface area contributed by atoms with Gasteiger partial charge >= 0.3 is 0 Å². The van der Waals surface area contributed by atoms with Gasteiger partial charge in [0.05, 0.1) is 24.9 Å². The molecule has 1 amide bonds. The molecule has 1 aromatic rings. The highest BCUT2D eigenvalue weighted by atomic mass is 16.5. The van der Waals surface area contributed by atoms with Crippen LogP contribution in [0, 0.1) is 25.2 Å². The summed E-state index contributed by atoms with van der Waals surface area (Å²) >= 11 is 0. The molecule has 1 aromatic heterocycles. The van der Waals surface area contributed by atoms with Crippen molar-refractivity contribution >= 4 is 12.0 Å². The van der Waals surface area contributed by atoms with Gasteiger partial charge in [-0.25, -0.2) is 0 Å². The Balaban J connectivity index is 1.64. The van der Waals surface area contributed by atoms with Crippen LogP contribution in [0.25, 0.3) is 6.08 Å². The third-order valence-corrected chi connectivity index (χ3v) is 6.69. The summed E-state index contributed by atoms with van der Waals surface area (Å²) in [4.78, 5) is 14.8. The highest BCUT2D eigenvalue weighted by Gasteiger charge is 2.28. The molecule has 6 nitrogen and oxygen atoms in total. The molecule has 1 aliphatic heterocycles. The number of carbonyl (C=O) groups excluding carboxylic acids is 1. The van der Waals surface area contributed by atoms with Gasteiger partial charge in [-0.1, -0.05) is 19.3 Å². The van der Waals surface area contributed by atoms with E-state index in [0.29, 0.717) is 25.8 Å². The minimum Gasteiger partial charge on any atom is -0.383 e. The number of amides is 1. The Bertz CT molecular complexity index is 822.